The molecule has 0 unspecified atom stereocenters. The van der Waals surface area contributed by atoms with Gasteiger partial charge in [0.2, 0.25) is 6.61 Å². The van der Waals surface area contributed by atoms with Gasteiger partial charge >= 0.3 is 5.97 Å². The van der Waals surface area contributed by atoms with Crippen LogP contribution in [0.2, 0.25) is 0 Å². The van der Waals surface area contributed by atoms with Gasteiger partial charge in [-0.2, -0.15) is 0 Å². The quantitative estimate of drug-likeness (QED) is 0.221. The third kappa shape index (κ3) is 6.25. The summed E-state index contributed by atoms with van der Waals surface area (Å²) in [6, 6.07) is 14.3. The van der Waals surface area contributed by atoms with Crippen LogP contribution in [0.4, 0.5) is 0 Å². The summed E-state index contributed by atoms with van der Waals surface area (Å²) in [6.07, 6.45) is 3.42. The maximum absolute atomic E-state index is 12.0. The maximum atomic E-state index is 12.0. The van der Waals surface area contributed by atoms with E-state index < -0.39 is 5.97 Å². The van der Waals surface area contributed by atoms with Crippen molar-refractivity contribution in [3.8, 4) is 5.75 Å². The van der Waals surface area contributed by atoms with Gasteiger partial charge in [-0.05, 0) is 48.2 Å². The number of ketones is 1. The highest BCUT2D eigenvalue weighted by Gasteiger charge is 2.10. The Kier molecular flexibility index (Phi) is 7.70. The topological polar surface area (TPSA) is 74.2 Å². The number of carbonyl (C=O) groups excluding carboxylic acids is 2. The second-order valence-electron chi connectivity index (χ2n) is 5.09. The number of carbonyl (C=O) groups is 2. The van der Waals surface area contributed by atoms with E-state index >= 15 is 0 Å². The van der Waals surface area contributed by atoms with Crippen LogP contribution in [0.15, 0.2) is 58.6 Å². The number of nitrogens with zero attached hydrogens (tertiary/aromatic N) is 1. The zero-order valence-electron chi connectivity index (χ0n) is 14.5. The van der Waals surface area contributed by atoms with E-state index in [1.807, 2.05) is 18.4 Å². The molecular formula is C19H19NO5S. The Morgan fingerprint density at radius 2 is 1.73 bits per heavy atom. The van der Waals surface area contributed by atoms with Crippen molar-refractivity contribution in [3.63, 3.8) is 0 Å². The summed E-state index contributed by atoms with van der Waals surface area (Å²) < 4.78 is 9.94. The molecule has 0 heterocycles. The fourth-order valence-electron chi connectivity index (χ4n) is 1.93. The molecule has 0 aromatic heterocycles. The molecule has 2 rings (SSSR count). The second kappa shape index (κ2) is 10.2. The first kappa shape index (κ1) is 19.5. The van der Waals surface area contributed by atoms with Crippen LogP contribution in [0.25, 0.3) is 0 Å². The van der Waals surface area contributed by atoms with Gasteiger partial charge in [0.05, 0.1) is 13.3 Å². The van der Waals surface area contributed by atoms with Crippen LogP contribution in [-0.2, 0) is 14.4 Å². The average molecular weight is 373 g/mol. The van der Waals surface area contributed by atoms with Crippen LogP contribution in [0.1, 0.15) is 15.9 Å². The van der Waals surface area contributed by atoms with Gasteiger partial charge in [0, 0.05) is 10.5 Å². The molecule has 2 aromatic carbocycles. The lowest BCUT2D eigenvalue weighted by Gasteiger charge is -2.04. The molecule has 0 amide bonds. The van der Waals surface area contributed by atoms with E-state index in [1.54, 1.807) is 55.3 Å². The zero-order valence-corrected chi connectivity index (χ0v) is 15.3. The lowest BCUT2D eigenvalue weighted by molar-refractivity contribution is -0.147. The minimum Gasteiger partial charge on any atom is -0.497 e. The molecule has 0 saturated heterocycles. The number of hydrogen-bond donors (Lipinski definition) is 0. The standard InChI is InChI=1S/C19H19NO5S/c1-23-16-7-3-14(4-8-16)11-20-25-13-19(22)24-12-18(21)15-5-9-17(26-2)10-6-15/h3-11H,12-13H2,1-2H3/b20-11+. The van der Waals surface area contributed by atoms with Crippen molar-refractivity contribution in [3.05, 3.63) is 59.7 Å². The van der Waals surface area contributed by atoms with Gasteiger partial charge in [0.1, 0.15) is 5.75 Å². The number of oxime groups is 1. The van der Waals surface area contributed by atoms with E-state index in [1.165, 1.54) is 6.21 Å². The van der Waals surface area contributed by atoms with Crippen molar-refractivity contribution < 1.29 is 23.9 Å². The summed E-state index contributed by atoms with van der Waals surface area (Å²) in [6.45, 7) is -0.700. The molecule has 7 heteroatoms. The monoisotopic (exact) mass is 373 g/mol. The summed E-state index contributed by atoms with van der Waals surface area (Å²) in [7, 11) is 1.59. The van der Waals surface area contributed by atoms with Gasteiger partial charge in [0.15, 0.2) is 12.4 Å². The number of hydrogen-bond acceptors (Lipinski definition) is 7. The Bertz CT molecular complexity index is 757. The molecular weight excluding hydrogens is 354 g/mol. The molecule has 0 fully saturated rings. The van der Waals surface area contributed by atoms with Crippen molar-refractivity contribution in [1.82, 2.24) is 0 Å². The number of ether oxygens (including phenoxy) is 2. The fraction of sp³-hybridized carbons (Fsp3) is 0.211. The van der Waals surface area contributed by atoms with E-state index in [0.29, 0.717) is 5.56 Å². The lowest BCUT2D eigenvalue weighted by atomic mass is 10.1. The van der Waals surface area contributed by atoms with Gasteiger partial charge in [-0.1, -0.05) is 17.3 Å². The van der Waals surface area contributed by atoms with Crippen molar-refractivity contribution in [2.75, 3.05) is 26.6 Å². The van der Waals surface area contributed by atoms with Crippen molar-refractivity contribution in [1.29, 1.82) is 0 Å². The molecule has 0 radical (unpaired) electrons. The molecule has 0 atom stereocenters. The number of benzene rings is 2. The molecule has 0 saturated carbocycles. The molecule has 0 N–H and O–H groups in total. The lowest BCUT2D eigenvalue weighted by Crippen LogP contribution is -2.17. The molecule has 6 nitrogen and oxygen atoms in total. The van der Waals surface area contributed by atoms with E-state index in [-0.39, 0.29) is 19.0 Å². The van der Waals surface area contributed by atoms with Gasteiger partial charge < -0.3 is 14.3 Å². The first-order chi connectivity index (χ1) is 12.6. The van der Waals surface area contributed by atoms with E-state index in [4.69, 9.17) is 14.3 Å². The minimum absolute atomic E-state index is 0.271. The summed E-state index contributed by atoms with van der Waals surface area (Å²) >= 11 is 1.59. The Hall–Kier alpha value is -2.80. The second-order valence-corrected chi connectivity index (χ2v) is 5.97. The highest BCUT2D eigenvalue weighted by Crippen LogP contribution is 2.15. The highest BCUT2D eigenvalue weighted by atomic mass is 32.2. The largest absolute Gasteiger partial charge is 0.497 e. The number of rotatable bonds is 9. The Labute approximate surface area is 156 Å². The smallest absolute Gasteiger partial charge is 0.347 e. The number of thioether (sulfide) groups is 1. The molecule has 0 aliphatic rings. The SMILES string of the molecule is COc1ccc(/C=N/OCC(=O)OCC(=O)c2ccc(SC)cc2)cc1. The highest BCUT2D eigenvalue weighted by molar-refractivity contribution is 7.98. The van der Waals surface area contributed by atoms with Crippen LogP contribution in [-0.4, -0.2) is 44.5 Å². The van der Waals surface area contributed by atoms with Crippen LogP contribution >= 0.6 is 11.8 Å². The fourth-order valence-corrected chi connectivity index (χ4v) is 2.33. The van der Waals surface area contributed by atoms with Gasteiger partial charge in [-0.25, -0.2) is 4.79 Å². The molecule has 2 aromatic rings. The number of esters is 1. The molecule has 136 valence electrons. The Morgan fingerprint density at radius 3 is 2.35 bits per heavy atom. The summed E-state index contributed by atoms with van der Waals surface area (Å²) in [4.78, 5) is 29.5. The van der Waals surface area contributed by atoms with Crippen LogP contribution in [0.5, 0.6) is 5.75 Å². The van der Waals surface area contributed by atoms with Crippen molar-refractivity contribution in [2.45, 2.75) is 4.90 Å². The van der Waals surface area contributed by atoms with Crippen LogP contribution < -0.4 is 4.74 Å². The molecule has 0 aliphatic heterocycles. The van der Waals surface area contributed by atoms with Crippen molar-refractivity contribution in [2.24, 2.45) is 5.16 Å². The van der Waals surface area contributed by atoms with Crippen LogP contribution in [0.3, 0.4) is 0 Å². The number of methoxy groups -OCH3 is 1. The Morgan fingerprint density at radius 1 is 1.04 bits per heavy atom. The van der Waals surface area contributed by atoms with E-state index in [2.05, 4.69) is 5.16 Å². The van der Waals surface area contributed by atoms with E-state index in [9.17, 15) is 9.59 Å². The maximum Gasteiger partial charge on any atom is 0.347 e. The Balaban J connectivity index is 1.70. The third-order valence-corrected chi connectivity index (χ3v) is 4.09. The first-order valence-electron chi connectivity index (χ1n) is 7.74. The summed E-state index contributed by atoms with van der Waals surface area (Å²) in [5.41, 5.74) is 1.29. The normalized spacial score (nSPS) is 10.5. The zero-order chi connectivity index (χ0) is 18.8. The summed E-state index contributed by atoms with van der Waals surface area (Å²) in [5.74, 6) is -0.196. The minimum atomic E-state index is -0.661. The predicted molar refractivity (Wildman–Crippen MR) is 100 cm³/mol. The first-order valence-corrected chi connectivity index (χ1v) is 8.97. The van der Waals surface area contributed by atoms with Crippen molar-refractivity contribution >= 4 is 29.7 Å². The van der Waals surface area contributed by atoms with E-state index in [0.717, 1.165) is 16.2 Å². The average Bonchev–Trinajstić information content (AvgIpc) is 2.70. The number of Topliss-reactive ketones (excluding diaryl/α,β-unsaturated/α-hetero) is 1. The van der Waals surface area contributed by atoms with Crippen LogP contribution in [0, 0.1) is 0 Å². The van der Waals surface area contributed by atoms with Gasteiger partial charge in [0.25, 0.3) is 0 Å². The summed E-state index contributed by atoms with van der Waals surface area (Å²) in [5, 5.41) is 3.69. The van der Waals surface area contributed by atoms with Gasteiger partial charge in [-0.15, -0.1) is 11.8 Å². The molecule has 0 aliphatic carbocycles. The third-order valence-electron chi connectivity index (χ3n) is 3.35. The van der Waals surface area contributed by atoms with Gasteiger partial charge in [-0.3, -0.25) is 4.79 Å². The molecule has 0 bridgehead atoms. The molecule has 26 heavy (non-hydrogen) atoms. The molecule has 0 spiro atoms. The predicted octanol–water partition coefficient (Wildman–Crippen LogP) is 3.19.